The summed E-state index contributed by atoms with van der Waals surface area (Å²) in [5.74, 6) is 1.26. The van der Waals surface area contributed by atoms with Gasteiger partial charge in [-0.3, -0.25) is 4.79 Å². The van der Waals surface area contributed by atoms with Crippen molar-refractivity contribution in [3.8, 4) is 0 Å². The van der Waals surface area contributed by atoms with Crippen LogP contribution in [0, 0.1) is 6.92 Å². The zero-order chi connectivity index (χ0) is 13.8. The molecule has 2 rings (SSSR count). The van der Waals surface area contributed by atoms with Crippen LogP contribution in [0.2, 0.25) is 0 Å². The zero-order valence-corrected chi connectivity index (χ0v) is 11.8. The number of hydrogen-bond acceptors (Lipinski definition) is 2. The number of amides is 1. The molecule has 1 heterocycles. The smallest absolute Gasteiger partial charge is 0.289 e. The van der Waals surface area contributed by atoms with E-state index in [9.17, 15) is 4.79 Å². The van der Waals surface area contributed by atoms with Crippen LogP contribution in [0.4, 0.5) is 0 Å². The van der Waals surface area contributed by atoms with Crippen molar-refractivity contribution in [3.05, 3.63) is 59.0 Å². The average Bonchev–Trinajstić information content (AvgIpc) is 2.80. The standard InChI is InChI=1S/C15H16ClNO2/c1-11-13(9-16)8-14(19-11)15(18)17(2)10-12-6-4-3-5-7-12/h3-8H,9-10H2,1-2H3. The van der Waals surface area contributed by atoms with Gasteiger partial charge in [0.1, 0.15) is 5.76 Å². The van der Waals surface area contributed by atoms with Crippen molar-refractivity contribution in [2.75, 3.05) is 7.05 Å². The lowest BCUT2D eigenvalue weighted by atomic mass is 10.2. The second-order valence-corrected chi connectivity index (χ2v) is 4.74. The monoisotopic (exact) mass is 277 g/mol. The zero-order valence-electron chi connectivity index (χ0n) is 11.0. The van der Waals surface area contributed by atoms with Crippen LogP contribution < -0.4 is 0 Å². The lowest BCUT2D eigenvalue weighted by molar-refractivity contribution is 0.0752. The Morgan fingerprint density at radius 3 is 2.58 bits per heavy atom. The highest BCUT2D eigenvalue weighted by Gasteiger charge is 2.18. The number of alkyl halides is 1. The molecule has 0 saturated carbocycles. The van der Waals surface area contributed by atoms with Crippen molar-refractivity contribution in [3.63, 3.8) is 0 Å². The fourth-order valence-electron chi connectivity index (χ4n) is 1.88. The summed E-state index contributed by atoms with van der Waals surface area (Å²) in [7, 11) is 1.76. The van der Waals surface area contributed by atoms with E-state index in [4.69, 9.17) is 16.0 Å². The van der Waals surface area contributed by atoms with E-state index in [1.54, 1.807) is 18.0 Å². The van der Waals surface area contributed by atoms with Crippen LogP contribution >= 0.6 is 11.6 Å². The quantitative estimate of drug-likeness (QED) is 0.800. The van der Waals surface area contributed by atoms with Crippen molar-refractivity contribution >= 4 is 17.5 Å². The first-order chi connectivity index (χ1) is 9.11. The summed E-state index contributed by atoms with van der Waals surface area (Å²) in [6, 6.07) is 11.6. The fourth-order valence-corrected chi connectivity index (χ4v) is 2.14. The van der Waals surface area contributed by atoms with Gasteiger partial charge in [0.25, 0.3) is 5.91 Å². The summed E-state index contributed by atoms with van der Waals surface area (Å²) in [5, 5.41) is 0. The molecule has 0 aliphatic heterocycles. The second-order valence-electron chi connectivity index (χ2n) is 4.47. The number of carbonyl (C=O) groups excluding carboxylic acids is 1. The van der Waals surface area contributed by atoms with Gasteiger partial charge in [-0.2, -0.15) is 0 Å². The van der Waals surface area contributed by atoms with Crippen molar-refractivity contribution in [1.29, 1.82) is 0 Å². The molecule has 1 aromatic carbocycles. The molecule has 0 radical (unpaired) electrons. The van der Waals surface area contributed by atoms with Crippen LogP contribution in [0.3, 0.4) is 0 Å². The summed E-state index contributed by atoms with van der Waals surface area (Å²) < 4.78 is 5.45. The Morgan fingerprint density at radius 2 is 2.00 bits per heavy atom. The minimum Gasteiger partial charge on any atom is -0.456 e. The molecule has 0 atom stereocenters. The molecular weight excluding hydrogens is 262 g/mol. The number of nitrogens with zero attached hydrogens (tertiary/aromatic N) is 1. The first-order valence-corrected chi connectivity index (χ1v) is 6.60. The van der Waals surface area contributed by atoms with E-state index < -0.39 is 0 Å². The summed E-state index contributed by atoms with van der Waals surface area (Å²) in [6.07, 6.45) is 0. The summed E-state index contributed by atoms with van der Waals surface area (Å²) in [4.78, 5) is 13.9. The Labute approximate surface area is 117 Å². The number of furan rings is 1. The molecule has 0 aliphatic carbocycles. The maximum absolute atomic E-state index is 12.2. The molecule has 0 aliphatic rings. The summed E-state index contributed by atoms with van der Waals surface area (Å²) in [5.41, 5.74) is 1.94. The van der Waals surface area contributed by atoms with E-state index in [0.717, 1.165) is 11.1 Å². The van der Waals surface area contributed by atoms with Gasteiger partial charge < -0.3 is 9.32 Å². The van der Waals surface area contributed by atoms with E-state index in [1.807, 2.05) is 37.3 Å². The number of benzene rings is 1. The number of aryl methyl sites for hydroxylation is 1. The number of rotatable bonds is 4. The van der Waals surface area contributed by atoms with Crippen LogP contribution in [0.5, 0.6) is 0 Å². The normalized spacial score (nSPS) is 10.5. The van der Waals surface area contributed by atoms with Gasteiger partial charge in [-0.15, -0.1) is 11.6 Å². The van der Waals surface area contributed by atoms with E-state index in [2.05, 4.69) is 0 Å². The Balaban J connectivity index is 2.10. The Hall–Kier alpha value is -1.74. The predicted octanol–water partition coefficient (Wildman–Crippen LogP) is 3.60. The summed E-state index contributed by atoms with van der Waals surface area (Å²) in [6.45, 7) is 2.36. The van der Waals surface area contributed by atoms with E-state index in [1.165, 1.54) is 0 Å². The molecule has 100 valence electrons. The highest BCUT2D eigenvalue weighted by atomic mass is 35.5. The third kappa shape index (κ3) is 3.18. The topological polar surface area (TPSA) is 33.5 Å². The lowest BCUT2D eigenvalue weighted by Crippen LogP contribution is -2.25. The van der Waals surface area contributed by atoms with Gasteiger partial charge in [-0.1, -0.05) is 30.3 Å². The van der Waals surface area contributed by atoms with Crippen LogP contribution in [-0.4, -0.2) is 17.9 Å². The number of hydrogen-bond donors (Lipinski definition) is 0. The Morgan fingerprint density at radius 1 is 1.32 bits per heavy atom. The van der Waals surface area contributed by atoms with Crippen molar-refractivity contribution < 1.29 is 9.21 Å². The second kappa shape index (κ2) is 5.93. The molecule has 1 amide bonds. The molecule has 0 spiro atoms. The van der Waals surface area contributed by atoms with Crippen molar-refractivity contribution in [1.82, 2.24) is 4.90 Å². The largest absolute Gasteiger partial charge is 0.456 e. The third-order valence-electron chi connectivity index (χ3n) is 2.98. The molecule has 0 N–H and O–H groups in total. The average molecular weight is 278 g/mol. The minimum absolute atomic E-state index is 0.136. The van der Waals surface area contributed by atoms with Gasteiger partial charge in [-0.25, -0.2) is 0 Å². The van der Waals surface area contributed by atoms with Gasteiger partial charge in [0.2, 0.25) is 0 Å². The predicted molar refractivity (Wildman–Crippen MR) is 75.2 cm³/mol. The van der Waals surface area contributed by atoms with Gasteiger partial charge in [0.15, 0.2) is 5.76 Å². The van der Waals surface area contributed by atoms with Crippen molar-refractivity contribution in [2.24, 2.45) is 0 Å². The van der Waals surface area contributed by atoms with Crippen LogP contribution in [0.25, 0.3) is 0 Å². The molecule has 2 aromatic rings. The third-order valence-corrected chi connectivity index (χ3v) is 3.27. The van der Waals surface area contributed by atoms with E-state index in [-0.39, 0.29) is 5.91 Å². The van der Waals surface area contributed by atoms with Crippen LogP contribution in [0.15, 0.2) is 40.8 Å². The number of halogens is 1. The molecule has 1 aromatic heterocycles. The Bertz CT molecular complexity index is 563. The SMILES string of the molecule is Cc1oc(C(=O)N(C)Cc2ccccc2)cc1CCl. The highest BCUT2D eigenvalue weighted by molar-refractivity contribution is 6.17. The van der Waals surface area contributed by atoms with E-state index >= 15 is 0 Å². The van der Waals surface area contributed by atoms with Gasteiger partial charge >= 0.3 is 0 Å². The lowest BCUT2D eigenvalue weighted by Gasteiger charge is -2.15. The Kier molecular flexibility index (Phi) is 4.27. The first-order valence-electron chi connectivity index (χ1n) is 6.06. The molecule has 0 bridgehead atoms. The maximum Gasteiger partial charge on any atom is 0.289 e. The molecule has 0 saturated heterocycles. The molecule has 19 heavy (non-hydrogen) atoms. The molecule has 0 unspecified atom stereocenters. The first kappa shape index (κ1) is 13.7. The minimum atomic E-state index is -0.136. The molecular formula is C15H16ClNO2. The van der Waals surface area contributed by atoms with Crippen LogP contribution in [-0.2, 0) is 12.4 Å². The highest BCUT2D eigenvalue weighted by Crippen LogP contribution is 2.18. The van der Waals surface area contributed by atoms with Gasteiger partial charge in [0.05, 0.1) is 5.88 Å². The molecule has 4 heteroatoms. The van der Waals surface area contributed by atoms with E-state index in [0.29, 0.717) is 23.9 Å². The maximum atomic E-state index is 12.2. The summed E-state index contributed by atoms with van der Waals surface area (Å²) >= 11 is 5.77. The van der Waals surface area contributed by atoms with Crippen molar-refractivity contribution in [2.45, 2.75) is 19.3 Å². The molecule has 0 fully saturated rings. The number of carbonyl (C=O) groups is 1. The van der Waals surface area contributed by atoms with Gasteiger partial charge in [-0.05, 0) is 18.6 Å². The molecule has 3 nitrogen and oxygen atoms in total. The fraction of sp³-hybridized carbons (Fsp3) is 0.267. The van der Waals surface area contributed by atoms with Gasteiger partial charge in [0, 0.05) is 19.2 Å². The van der Waals surface area contributed by atoms with Crippen LogP contribution in [0.1, 0.15) is 27.4 Å².